The summed E-state index contributed by atoms with van der Waals surface area (Å²) in [5.74, 6) is -0.767. The van der Waals surface area contributed by atoms with Crippen molar-refractivity contribution in [2.45, 2.75) is 25.4 Å². The molecule has 0 radical (unpaired) electrons. The summed E-state index contributed by atoms with van der Waals surface area (Å²) in [6, 6.07) is 6.35. The molecule has 1 aromatic carbocycles. The Morgan fingerprint density at radius 1 is 1.29 bits per heavy atom. The van der Waals surface area contributed by atoms with Crippen molar-refractivity contribution in [2.24, 2.45) is 0 Å². The molecule has 2 rings (SSSR count). The van der Waals surface area contributed by atoms with Crippen LogP contribution in [0.1, 0.15) is 30.1 Å². The van der Waals surface area contributed by atoms with Crippen LogP contribution in [-0.2, 0) is 4.79 Å². The van der Waals surface area contributed by atoms with Gasteiger partial charge in [-0.15, -0.1) is 0 Å². The molecule has 0 saturated carbocycles. The van der Waals surface area contributed by atoms with E-state index in [1.807, 2.05) is 4.90 Å². The third kappa shape index (κ3) is 4.81. The summed E-state index contributed by atoms with van der Waals surface area (Å²) in [6.07, 6.45) is 1.26. The van der Waals surface area contributed by atoms with Gasteiger partial charge in [-0.3, -0.25) is 19.8 Å². The number of piperidine rings is 1. The van der Waals surface area contributed by atoms with Crippen molar-refractivity contribution in [1.29, 1.82) is 0 Å². The fourth-order valence-electron chi connectivity index (χ4n) is 2.24. The minimum absolute atomic E-state index is 0.162. The van der Waals surface area contributed by atoms with Gasteiger partial charge in [0.15, 0.2) is 0 Å². The summed E-state index contributed by atoms with van der Waals surface area (Å²) in [6.45, 7) is 3.26. The number of hydrogen-bond acceptors (Lipinski definition) is 4. The van der Waals surface area contributed by atoms with E-state index in [1.54, 1.807) is 31.2 Å². The lowest BCUT2D eigenvalue weighted by molar-refractivity contribution is -0.122. The molecule has 0 spiro atoms. The number of likely N-dealkylation sites (tertiary alicyclic amines) is 1. The van der Waals surface area contributed by atoms with E-state index < -0.39 is 11.5 Å². The molecule has 1 fully saturated rings. The standard InChI is InChI=1S/C15H19ClN2O3/c1-15(21)6-8-18(9-7-15)10-13(19)17-14(20)11-2-4-12(16)5-3-11/h2-5,21H,6-10H2,1H3,(H,17,19,20). The molecule has 6 heteroatoms. The van der Waals surface area contributed by atoms with E-state index in [-0.39, 0.29) is 12.5 Å². The van der Waals surface area contributed by atoms with Gasteiger partial charge in [0.05, 0.1) is 12.1 Å². The van der Waals surface area contributed by atoms with E-state index >= 15 is 0 Å². The Morgan fingerprint density at radius 2 is 1.86 bits per heavy atom. The third-order valence-electron chi connectivity index (χ3n) is 3.66. The molecule has 1 heterocycles. The lowest BCUT2D eigenvalue weighted by Crippen LogP contribution is -2.47. The van der Waals surface area contributed by atoms with Gasteiger partial charge in [-0.2, -0.15) is 0 Å². The summed E-state index contributed by atoms with van der Waals surface area (Å²) < 4.78 is 0. The Hall–Kier alpha value is -1.43. The highest BCUT2D eigenvalue weighted by molar-refractivity contribution is 6.30. The zero-order valence-electron chi connectivity index (χ0n) is 11.9. The average molecular weight is 311 g/mol. The minimum atomic E-state index is -0.647. The number of imide groups is 1. The van der Waals surface area contributed by atoms with E-state index in [4.69, 9.17) is 11.6 Å². The van der Waals surface area contributed by atoms with Crippen LogP contribution in [-0.4, -0.2) is 47.1 Å². The van der Waals surface area contributed by atoms with Gasteiger partial charge in [0.2, 0.25) is 5.91 Å². The largest absolute Gasteiger partial charge is 0.390 e. The second-order valence-electron chi connectivity index (χ2n) is 5.66. The van der Waals surface area contributed by atoms with Crippen LogP contribution in [0, 0.1) is 0 Å². The summed E-state index contributed by atoms with van der Waals surface area (Å²) in [7, 11) is 0. The Morgan fingerprint density at radius 3 is 2.43 bits per heavy atom. The molecule has 1 aliphatic heterocycles. The number of rotatable bonds is 3. The van der Waals surface area contributed by atoms with E-state index in [1.165, 1.54) is 0 Å². The van der Waals surface area contributed by atoms with Gasteiger partial charge in [0, 0.05) is 23.7 Å². The normalized spacial score (nSPS) is 18.2. The molecule has 114 valence electrons. The number of nitrogens with zero attached hydrogens (tertiary/aromatic N) is 1. The molecule has 1 saturated heterocycles. The summed E-state index contributed by atoms with van der Waals surface area (Å²) in [5, 5.41) is 12.7. The monoisotopic (exact) mass is 310 g/mol. The van der Waals surface area contributed by atoms with Crippen LogP contribution in [0.15, 0.2) is 24.3 Å². The first kappa shape index (κ1) is 15.9. The SMILES string of the molecule is CC1(O)CCN(CC(=O)NC(=O)c2ccc(Cl)cc2)CC1. The van der Waals surface area contributed by atoms with E-state index in [2.05, 4.69) is 5.32 Å². The molecular weight excluding hydrogens is 292 g/mol. The Balaban J connectivity index is 1.82. The lowest BCUT2D eigenvalue weighted by atomic mass is 9.94. The average Bonchev–Trinajstić information content (AvgIpc) is 2.42. The van der Waals surface area contributed by atoms with Gasteiger partial charge in [-0.1, -0.05) is 11.6 Å². The number of benzene rings is 1. The number of carbonyl (C=O) groups excluding carboxylic acids is 2. The predicted octanol–water partition coefficient (Wildman–Crippen LogP) is 1.44. The zero-order chi connectivity index (χ0) is 15.5. The molecule has 1 aromatic rings. The highest BCUT2D eigenvalue weighted by atomic mass is 35.5. The van der Waals surface area contributed by atoms with Crippen molar-refractivity contribution in [3.05, 3.63) is 34.9 Å². The zero-order valence-corrected chi connectivity index (χ0v) is 12.7. The van der Waals surface area contributed by atoms with Crippen LogP contribution in [0.4, 0.5) is 0 Å². The van der Waals surface area contributed by atoms with Crippen molar-refractivity contribution < 1.29 is 14.7 Å². The maximum Gasteiger partial charge on any atom is 0.257 e. The molecule has 0 aromatic heterocycles. The first-order chi connectivity index (χ1) is 9.85. The second kappa shape index (κ2) is 6.56. The number of hydrogen-bond donors (Lipinski definition) is 2. The Labute approximate surface area is 128 Å². The molecule has 2 N–H and O–H groups in total. The predicted molar refractivity (Wildman–Crippen MR) is 80.2 cm³/mol. The van der Waals surface area contributed by atoms with Crippen molar-refractivity contribution in [1.82, 2.24) is 10.2 Å². The van der Waals surface area contributed by atoms with Crippen molar-refractivity contribution >= 4 is 23.4 Å². The van der Waals surface area contributed by atoms with Crippen molar-refractivity contribution in [3.63, 3.8) is 0 Å². The Bertz CT molecular complexity index is 518. The van der Waals surface area contributed by atoms with Gasteiger partial charge in [-0.05, 0) is 44.0 Å². The second-order valence-corrected chi connectivity index (χ2v) is 6.09. The maximum atomic E-state index is 11.9. The number of carbonyl (C=O) groups is 2. The van der Waals surface area contributed by atoms with E-state index in [0.29, 0.717) is 36.5 Å². The highest BCUT2D eigenvalue weighted by Crippen LogP contribution is 2.20. The van der Waals surface area contributed by atoms with Gasteiger partial charge < -0.3 is 5.11 Å². The fraction of sp³-hybridized carbons (Fsp3) is 0.467. The smallest absolute Gasteiger partial charge is 0.257 e. The van der Waals surface area contributed by atoms with Crippen molar-refractivity contribution in [3.8, 4) is 0 Å². The highest BCUT2D eigenvalue weighted by Gasteiger charge is 2.28. The van der Waals surface area contributed by atoms with Crippen LogP contribution in [0.25, 0.3) is 0 Å². The summed E-state index contributed by atoms with van der Waals surface area (Å²) in [4.78, 5) is 25.7. The molecule has 0 atom stereocenters. The summed E-state index contributed by atoms with van der Waals surface area (Å²) in [5.41, 5.74) is -0.249. The number of halogens is 1. The fourth-order valence-corrected chi connectivity index (χ4v) is 2.36. The van der Waals surface area contributed by atoms with Crippen LogP contribution in [0.3, 0.4) is 0 Å². The van der Waals surface area contributed by atoms with Gasteiger partial charge >= 0.3 is 0 Å². The maximum absolute atomic E-state index is 11.9. The quantitative estimate of drug-likeness (QED) is 0.886. The van der Waals surface area contributed by atoms with Crippen LogP contribution in [0.5, 0.6) is 0 Å². The van der Waals surface area contributed by atoms with Crippen LogP contribution in [0.2, 0.25) is 5.02 Å². The molecule has 5 nitrogen and oxygen atoms in total. The molecule has 1 aliphatic rings. The molecule has 0 bridgehead atoms. The molecule has 21 heavy (non-hydrogen) atoms. The molecule has 0 unspecified atom stereocenters. The van der Waals surface area contributed by atoms with E-state index in [0.717, 1.165) is 0 Å². The van der Waals surface area contributed by atoms with Gasteiger partial charge in [0.1, 0.15) is 0 Å². The first-order valence-corrected chi connectivity index (χ1v) is 7.28. The van der Waals surface area contributed by atoms with E-state index in [9.17, 15) is 14.7 Å². The number of aliphatic hydroxyl groups is 1. The van der Waals surface area contributed by atoms with Crippen molar-refractivity contribution in [2.75, 3.05) is 19.6 Å². The lowest BCUT2D eigenvalue weighted by Gasteiger charge is -2.35. The molecule has 0 aliphatic carbocycles. The summed E-state index contributed by atoms with van der Waals surface area (Å²) >= 11 is 5.75. The molecule has 2 amide bonds. The number of nitrogens with one attached hydrogen (secondary N) is 1. The van der Waals surface area contributed by atoms with Crippen LogP contribution < -0.4 is 5.32 Å². The molecular formula is C15H19ClN2O3. The van der Waals surface area contributed by atoms with Gasteiger partial charge in [-0.25, -0.2) is 0 Å². The minimum Gasteiger partial charge on any atom is -0.390 e. The third-order valence-corrected chi connectivity index (χ3v) is 3.91. The van der Waals surface area contributed by atoms with Crippen LogP contribution >= 0.6 is 11.6 Å². The topological polar surface area (TPSA) is 69.6 Å². The number of amides is 2. The Kier molecular flexibility index (Phi) is 4.98. The van der Waals surface area contributed by atoms with Gasteiger partial charge in [0.25, 0.3) is 5.91 Å². The first-order valence-electron chi connectivity index (χ1n) is 6.90.